The fourth-order valence-electron chi connectivity index (χ4n) is 4.01. The first kappa shape index (κ1) is 22.8. The maximum absolute atomic E-state index is 12.3. The van der Waals surface area contributed by atoms with E-state index in [2.05, 4.69) is 22.8 Å². The van der Waals surface area contributed by atoms with Gasteiger partial charge in [0.25, 0.3) is 5.91 Å². The number of ether oxygens (including phenoxy) is 1. The smallest absolute Gasteiger partial charge is 0.275 e. The van der Waals surface area contributed by atoms with Crippen molar-refractivity contribution in [3.8, 4) is 5.75 Å². The van der Waals surface area contributed by atoms with Gasteiger partial charge in [0.1, 0.15) is 38.5 Å². The molecule has 1 fully saturated rings. The molecule has 0 aliphatic carbocycles. The number of hydrogen-bond acceptors (Lipinski definition) is 3. The Morgan fingerprint density at radius 3 is 2.13 bits per heavy atom. The lowest BCUT2D eigenvalue weighted by Crippen LogP contribution is -3.28. The van der Waals surface area contributed by atoms with Crippen molar-refractivity contribution in [1.82, 2.24) is 5.32 Å². The van der Waals surface area contributed by atoms with Gasteiger partial charge in [-0.1, -0.05) is 18.2 Å². The Balaban J connectivity index is 1.36. The maximum atomic E-state index is 12.3. The van der Waals surface area contributed by atoms with E-state index in [-0.39, 0.29) is 18.4 Å². The van der Waals surface area contributed by atoms with E-state index in [0.717, 1.165) is 55.3 Å². The number of hydrogen-bond donors (Lipinski definition) is 4. The van der Waals surface area contributed by atoms with Crippen molar-refractivity contribution in [3.63, 3.8) is 0 Å². The van der Waals surface area contributed by atoms with E-state index in [9.17, 15) is 9.59 Å². The molecular weight excluding hydrogens is 392 g/mol. The molecule has 0 bridgehead atoms. The van der Waals surface area contributed by atoms with Crippen molar-refractivity contribution >= 4 is 17.5 Å². The summed E-state index contributed by atoms with van der Waals surface area (Å²) in [6.07, 6.45) is 0. The molecule has 0 saturated carbocycles. The van der Waals surface area contributed by atoms with Gasteiger partial charge in [-0.15, -0.1) is 0 Å². The predicted octanol–water partition coefficient (Wildman–Crippen LogP) is -0.650. The normalized spacial score (nSPS) is 18.3. The second-order valence-electron chi connectivity index (χ2n) is 8.29. The summed E-state index contributed by atoms with van der Waals surface area (Å²) in [5.41, 5.74) is 4.15. The molecule has 4 N–H and O–H groups in total. The Kier molecular flexibility index (Phi) is 8.03. The minimum absolute atomic E-state index is 0.00523. The summed E-state index contributed by atoms with van der Waals surface area (Å²) < 4.78 is 5.21. The Morgan fingerprint density at radius 2 is 1.52 bits per heavy atom. The molecular formula is C24H34N4O3+2. The van der Waals surface area contributed by atoms with Crippen molar-refractivity contribution in [2.45, 2.75) is 20.4 Å². The highest BCUT2D eigenvalue weighted by Crippen LogP contribution is 2.18. The summed E-state index contributed by atoms with van der Waals surface area (Å²) in [5.74, 6) is 0.599. The zero-order valence-electron chi connectivity index (χ0n) is 18.7. The minimum atomic E-state index is -0.200. The number of quaternary nitrogens is 2. The Labute approximate surface area is 184 Å². The van der Waals surface area contributed by atoms with Crippen LogP contribution in [0, 0.1) is 13.8 Å². The largest absolute Gasteiger partial charge is 0.497 e. The highest BCUT2D eigenvalue weighted by Gasteiger charge is 2.25. The van der Waals surface area contributed by atoms with Crippen molar-refractivity contribution in [2.24, 2.45) is 0 Å². The van der Waals surface area contributed by atoms with E-state index < -0.39 is 0 Å². The third-order valence-electron chi connectivity index (χ3n) is 5.88. The number of methoxy groups -OCH3 is 1. The zero-order valence-corrected chi connectivity index (χ0v) is 18.7. The highest BCUT2D eigenvalue weighted by molar-refractivity contribution is 5.95. The van der Waals surface area contributed by atoms with Crippen molar-refractivity contribution in [2.75, 3.05) is 51.7 Å². The molecule has 2 amide bonds. The summed E-state index contributed by atoms with van der Waals surface area (Å²) >= 11 is 0. The number of anilines is 1. The maximum Gasteiger partial charge on any atom is 0.275 e. The van der Waals surface area contributed by atoms with Crippen LogP contribution in [0.1, 0.15) is 16.7 Å². The van der Waals surface area contributed by atoms with Gasteiger partial charge in [0, 0.05) is 11.3 Å². The van der Waals surface area contributed by atoms with Gasteiger partial charge in [-0.05, 0) is 49.2 Å². The number of benzene rings is 2. The van der Waals surface area contributed by atoms with E-state index in [1.807, 2.05) is 44.2 Å². The Hall–Kier alpha value is -2.90. The van der Waals surface area contributed by atoms with Crippen LogP contribution in [-0.2, 0) is 16.1 Å². The lowest BCUT2D eigenvalue weighted by molar-refractivity contribution is -1.02. The number of aryl methyl sites for hydroxylation is 2. The topological polar surface area (TPSA) is 76.3 Å². The van der Waals surface area contributed by atoms with Crippen LogP contribution in [-0.4, -0.2) is 58.2 Å². The molecule has 1 aliphatic heterocycles. The SMILES string of the molecule is COc1ccc(C[NH+]2CC[NH+](CC(=O)NCC(=O)Nc3c(C)cccc3C)CC2)cc1. The van der Waals surface area contributed by atoms with Gasteiger partial charge in [0.05, 0.1) is 13.7 Å². The molecule has 31 heavy (non-hydrogen) atoms. The monoisotopic (exact) mass is 426 g/mol. The third-order valence-corrected chi connectivity index (χ3v) is 5.88. The summed E-state index contributed by atoms with van der Waals surface area (Å²) in [6.45, 7) is 9.27. The molecule has 1 aliphatic rings. The van der Waals surface area contributed by atoms with Gasteiger partial charge < -0.3 is 25.2 Å². The molecule has 2 aromatic carbocycles. The van der Waals surface area contributed by atoms with Crippen LogP contribution in [0.4, 0.5) is 5.69 Å². The van der Waals surface area contributed by atoms with Crippen molar-refractivity contribution in [3.05, 3.63) is 59.2 Å². The Bertz CT molecular complexity index is 870. The van der Waals surface area contributed by atoms with Crippen molar-refractivity contribution < 1.29 is 24.1 Å². The standard InChI is InChI=1S/C24H32N4O3/c1-18-5-4-6-19(2)24(18)26-22(29)15-25-23(30)17-28-13-11-27(12-14-28)16-20-7-9-21(31-3)10-8-20/h4-10H,11-17H2,1-3H3,(H,25,30)(H,26,29)/p+2. The second-order valence-corrected chi connectivity index (χ2v) is 8.29. The Morgan fingerprint density at radius 1 is 0.903 bits per heavy atom. The third kappa shape index (κ3) is 6.80. The van der Waals surface area contributed by atoms with Crippen LogP contribution in [0.25, 0.3) is 0 Å². The average Bonchev–Trinajstić information content (AvgIpc) is 2.77. The number of para-hydroxylation sites is 1. The molecule has 7 heteroatoms. The minimum Gasteiger partial charge on any atom is -0.497 e. The molecule has 166 valence electrons. The van der Waals surface area contributed by atoms with Gasteiger partial charge in [0.2, 0.25) is 5.91 Å². The second kappa shape index (κ2) is 10.9. The first-order valence-corrected chi connectivity index (χ1v) is 10.9. The van der Waals surface area contributed by atoms with Crippen LogP contribution < -0.4 is 25.2 Å². The van der Waals surface area contributed by atoms with Gasteiger partial charge in [0.15, 0.2) is 6.54 Å². The van der Waals surface area contributed by atoms with Crippen LogP contribution >= 0.6 is 0 Å². The van der Waals surface area contributed by atoms with Crippen LogP contribution in [0.5, 0.6) is 5.75 Å². The molecule has 0 radical (unpaired) electrons. The van der Waals surface area contributed by atoms with Gasteiger partial charge in [-0.3, -0.25) is 9.59 Å². The van der Waals surface area contributed by atoms with E-state index >= 15 is 0 Å². The van der Waals surface area contributed by atoms with E-state index in [4.69, 9.17) is 4.74 Å². The lowest BCUT2D eigenvalue weighted by Gasteiger charge is -2.29. The molecule has 7 nitrogen and oxygen atoms in total. The number of nitrogens with one attached hydrogen (secondary N) is 4. The van der Waals surface area contributed by atoms with Crippen LogP contribution in [0.3, 0.4) is 0 Å². The molecule has 0 spiro atoms. The molecule has 0 atom stereocenters. The number of rotatable bonds is 8. The highest BCUT2D eigenvalue weighted by atomic mass is 16.5. The summed E-state index contributed by atoms with van der Waals surface area (Å²) in [4.78, 5) is 27.3. The predicted molar refractivity (Wildman–Crippen MR) is 121 cm³/mol. The van der Waals surface area contributed by atoms with E-state index in [0.29, 0.717) is 6.54 Å². The first-order valence-electron chi connectivity index (χ1n) is 10.9. The van der Waals surface area contributed by atoms with Gasteiger partial charge >= 0.3 is 0 Å². The molecule has 2 aromatic rings. The molecule has 1 heterocycles. The lowest BCUT2D eigenvalue weighted by atomic mass is 10.1. The molecule has 3 rings (SSSR count). The zero-order chi connectivity index (χ0) is 22.2. The first-order chi connectivity index (χ1) is 14.9. The van der Waals surface area contributed by atoms with Crippen LogP contribution in [0.2, 0.25) is 0 Å². The number of piperazine rings is 1. The fourth-order valence-corrected chi connectivity index (χ4v) is 4.01. The molecule has 0 unspecified atom stereocenters. The van der Waals surface area contributed by atoms with E-state index in [1.165, 1.54) is 15.4 Å². The average molecular weight is 427 g/mol. The summed E-state index contributed by atoms with van der Waals surface area (Å²) in [6, 6.07) is 14.1. The van der Waals surface area contributed by atoms with Gasteiger partial charge in [-0.25, -0.2) is 0 Å². The summed E-state index contributed by atoms with van der Waals surface area (Å²) in [5, 5.41) is 5.66. The van der Waals surface area contributed by atoms with Gasteiger partial charge in [-0.2, -0.15) is 0 Å². The number of amides is 2. The molecule has 0 aromatic heterocycles. The molecule has 1 saturated heterocycles. The fraction of sp³-hybridized carbons (Fsp3) is 0.417. The van der Waals surface area contributed by atoms with Crippen LogP contribution in [0.15, 0.2) is 42.5 Å². The quantitative estimate of drug-likeness (QED) is 0.453. The van der Waals surface area contributed by atoms with Crippen molar-refractivity contribution in [1.29, 1.82) is 0 Å². The summed E-state index contributed by atoms with van der Waals surface area (Å²) in [7, 11) is 1.68. The number of carbonyl (C=O) groups is 2. The number of carbonyl (C=O) groups excluding carboxylic acids is 2. The van der Waals surface area contributed by atoms with E-state index in [1.54, 1.807) is 7.11 Å².